The van der Waals surface area contributed by atoms with E-state index in [0.29, 0.717) is 22.5 Å². The lowest BCUT2D eigenvalue weighted by Gasteiger charge is -2.11. The number of H-pyrrole nitrogens is 1. The maximum atomic E-state index is 13.7. The second-order valence-electron chi connectivity index (χ2n) is 3.61. The Morgan fingerprint density at radius 1 is 1.47 bits per heavy atom. The standard InChI is InChI=1S/C11H12FN3O2/c1-5-6(7-4-14-15-11(7)13)3-8(12)10(17-2)9(5)16/h3-4,16H,1-2H3,(H3,13,14,15). The Morgan fingerprint density at radius 2 is 2.18 bits per heavy atom. The molecule has 1 aromatic heterocycles. The van der Waals surface area contributed by atoms with Crippen LogP contribution in [0.4, 0.5) is 10.2 Å². The first kappa shape index (κ1) is 11.3. The molecule has 6 heteroatoms. The van der Waals surface area contributed by atoms with E-state index >= 15 is 0 Å². The Hall–Kier alpha value is -2.24. The normalized spacial score (nSPS) is 10.5. The van der Waals surface area contributed by atoms with Crippen LogP contribution in [0.2, 0.25) is 0 Å². The van der Waals surface area contributed by atoms with Crippen molar-refractivity contribution in [3.05, 3.63) is 23.6 Å². The van der Waals surface area contributed by atoms with Crippen molar-refractivity contribution < 1.29 is 14.2 Å². The highest BCUT2D eigenvalue weighted by Crippen LogP contribution is 2.39. The fourth-order valence-corrected chi connectivity index (χ4v) is 1.70. The van der Waals surface area contributed by atoms with Crippen molar-refractivity contribution in [3.8, 4) is 22.6 Å². The van der Waals surface area contributed by atoms with Crippen molar-refractivity contribution >= 4 is 5.82 Å². The number of nitrogens with one attached hydrogen (secondary N) is 1. The Kier molecular flexibility index (Phi) is 2.63. The number of methoxy groups -OCH3 is 1. The number of hydrogen-bond donors (Lipinski definition) is 3. The Bertz CT molecular complexity index is 566. The van der Waals surface area contributed by atoms with Crippen LogP contribution in [-0.2, 0) is 0 Å². The number of nitrogen functional groups attached to an aromatic ring is 1. The Labute approximate surface area is 97.0 Å². The van der Waals surface area contributed by atoms with Crippen molar-refractivity contribution in [3.63, 3.8) is 0 Å². The average Bonchev–Trinajstić information content (AvgIpc) is 2.71. The summed E-state index contributed by atoms with van der Waals surface area (Å²) in [7, 11) is 1.30. The molecule has 0 saturated carbocycles. The molecule has 0 radical (unpaired) electrons. The molecule has 4 N–H and O–H groups in total. The van der Waals surface area contributed by atoms with Gasteiger partial charge < -0.3 is 15.6 Å². The number of aromatic nitrogens is 2. The van der Waals surface area contributed by atoms with Gasteiger partial charge in [-0.3, -0.25) is 5.10 Å². The average molecular weight is 237 g/mol. The zero-order chi connectivity index (χ0) is 12.6. The van der Waals surface area contributed by atoms with E-state index in [-0.39, 0.29) is 11.5 Å². The van der Waals surface area contributed by atoms with Gasteiger partial charge in [-0.15, -0.1) is 0 Å². The van der Waals surface area contributed by atoms with Gasteiger partial charge in [0.05, 0.1) is 13.3 Å². The molecular weight excluding hydrogens is 225 g/mol. The van der Waals surface area contributed by atoms with Crippen LogP contribution < -0.4 is 10.5 Å². The highest BCUT2D eigenvalue weighted by molar-refractivity contribution is 5.78. The van der Waals surface area contributed by atoms with E-state index in [1.165, 1.54) is 19.4 Å². The molecule has 1 aromatic carbocycles. The zero-order valence-electron chi connectivity index (χ0n) is 9.41. The van der Waals surface area contributed by atoms with Gasteiger partial charge in [-0.2, -0.15) is 5.10 Å². The summed E-state index contributed by atoms with van der Waals surface area (Å²) in [6, 6.07) is 1.26. The van der Waals surface area contributed by atoms with E-state index < -0.39 is 5.82 Å². The van der Waals surface area contributed by atoms with Crippen molar-refractivity contribution in [2.24, 2.45) is 0 Å². The van der Waals surface area contributed by atoms with E-state index in [2.05, 4.69) is 10.2 Å². The minimum Gasteiger partial charge on any atom is -0.504 e. The summed E-state index contributed by atoms with van der Waals surface area (Å²) in [5.41, 5.74) is 7.16. The molecule has 1 heterocycles. The third-order valence-corrected chi connectivity index (χ3v) is 2.63. The second-order valence-corrected chi connectivity index (χ2v) is 3.61. The summed E-state index contributed by atoms with van der Waals surface area (Å²) in [5, 5.41) is 16.1. The molecule has 0 amide bonds. The van der Waals surface area contributed by atoms with Crippen LogP contribution in [0.3, 0.4) is 0 Å². The van der Waals surface area contributed by atoms with Gasteiger partial charge in [-0.05, 0) is 18.6 Å². The van der Waals surface area contributed by atoms with E-state index in [4.69, 9.17) is 10.5 Å². The van der Waals surface area contributed by atoms with Crippen LogP contribution in [0.1, 0.15) is 5.56 Å². The SMILES string of the molecule is COc1c(F)cc(-c2cn[nH]c2N)c(C)c1O. The second kappa shape index (κ2) is 3.97. The lowest BCUT2D eigenvalue weighted by molar-refractivity contribution is 0.350. The van der Waals surface area contributed by atoms with Gasteiger partial charge in [0.1, 0.15) is 5.82 Å². The number of benzene rings is 1. The first-order valence-electron chi connectivity index (χ1n) is 4.91. The lowest BCUT2D eigenvalue weighted by atomic mass is 10.0. The van der Waals surface area contributed by atoms with Crippen molar-refractivity contribution in [1.29, 1.82) is 0 Å². The van der Waals surface area contributed by atoms with Crippen molar-refractivity contribution in [2.75, 3.05) is 12.8 Å². The molecule has 2 aromatic rings. The van der Waals surface area contributed by atoms with Gasteiger partial charge >= 0.3 is 0 Å². The molecule has 2 rings (SSSR count). The molecular formula is C11H12FN3O2. The molecule has 0 aliphatic heterocycles. The minimum absolute atomic E-state index is 0.173. The predicted octanol–water partition coefficient (Wildman–Crippen LogP) is 1.82. The summed E-state index contributed by atoms with van der Waals surface area (Å²) < 4.78 is 18.4. The summed E-state index contributed by atoms with van der Waals surface area (Å²) in [6.45, 7) is 1.65. The topological polar surface area (TPSA) is 84.2 Å². The first-order valence-corrected chi connectivity index (χ1v) is 4.91. The summed E-state index contributed by atoms with van der Waals surface area (Å²) in [4.78, 5) is 0. The van der Waals surface area contributed by atoms with Crippen LogP contribution in [0, 0.1) is 12.7 Å². The maximum Gasteiger partial charge on any atom is 0.196 e. The highest BCUT2D eigenvalue weighted by atomic mass is 19.1. The molecule has 0 aliphatic carbocycles. The number of ether oxygens (including phenoxy) is 1. The number of phenolic OH excluding ortho intramolecular Hbond substituents is 1. The summed E-state index contributed by atoms with van der Waals surface area (Å²) in [5.74, 6) is -0.736. The number of aromatic hydroxyl groups is 1. The summed E-state index contributed by atoms with van der Waals surface area (Å²) in [6.07, 6.45) is 1.48. The fourth-order valence-electron chi connectivity index (χ4n) is 1.70. The van der Waals surface area contributed by atoms with E-state index in [1.807, 2.05) is 0 Å². The van der Waals surface area contributed by atoms with Gasteiger partial charge in [0.15, 0.2) is 17.3 Å². The number of aromatic amines is 1. The molecule has 0 fully saturated rings. The summed E-state index contributed by atoms with van der Waals surface area (Å²) >= 11 is 0. The Balaban J connectivity index is 2.69. The number of anilines is 1. The molecule has 17 heavy (non-hydrogen) atoms. The smallest absolute Gasteiger partial charge is 0.196 e. The van der Waals surface area contributed by atoms with Crippen LogP contribution >= 0.6 is 0 Å². The van der Waals surface area contributed by atoms with Crippen LogP contribution in [0.5, 0.6) is 11.5 Å². The molecule has 0 unspecified atom stereocenters. The van der Waals surface area contributed by atoms with E-state index in [1.54, 1.807) is 6.92 Å². The highest BCUT2D eigenvalue weighted by Gasteiger charge is 2.18. The molecule has 0 aliphatic rings. The number of halogens is 1. The maximum absolute atomic E-state index is 13.7. The number of nitrogens with zero attached hydrogens (tertiary/aromatic N) is 1. The van der Waals surface area contributed by atoms with Crippen LogP contribution in [0.15, 0.2) is 12.3 Å². The largest absolute Gasteiger partial charge is 0.504 e. The molecule has 90 valence electrons. The van der Waals surface area contributed by atoms with Gasteiger partial charge in [-0.1, -0.05) is 0 Å². The molecule has 0 bridgehead atoms. The number of phenols is 1. The molecule has 5 nitrogen and oxygen atoms in total. The predicted molar refractivity (Wildman–Crippen MR) is 61.3 cm³/mol. The van der Waals surface area contributed by atoms with Gasteiger partial charge in [0.25, 0.3) is 0 Å². The number of hydrogen-bond acceptors (Lipinski definition) is 4. The van der Waals surface area contributed by atoms with Crippen molar-refractivity contribution in [2.45, 2.75) is 6.92 Å². The van der Waals surface area contributed by atoms with E-state index in [0.717, 1.165) is 0 Å². The number of rotatable bonds is 2. The van der Waals surface area contributed by atoms with Crippen LogP contribution in [-0.4, -0.2) is 22.4 Å². The monoisotopic (exact) mass is 237 g/mol. The first-order chi connectivity index (χ1) is 8.06. The third kappa shape index (κ3) is 1.67. The van der Waals surface area contributed by atoms with E-state index in [9.17, 15) is 9.50 Å². The molecule has 0 saturated heterocycles. The quantitative estimate of drug-likeness (QED) is 0.743. The lowest BCUT2D eigenvalue weighted by Crippen LogP contribution is -1.95. The fraction of sp³-hybridized carbons (Fsp3) is 0.182. The molecule has 0 spiro atoms. The van der Waals surface area contributed by atoms with Gasteiger partial charge in [0, 0.05) is 11.1 Å². The minimum atomic E-state index is -0.647. The number of nitrogens with two attached hydrogens (primary N) is 1. The van der Waals surface area contributed by atoms with Gasteiger partial charge in [0.2, 0.25) is 0 Å². The molecule has 0 atom stereocenters. The third-order valence-electron chi connectivity index (χ3n) is 2.63. The Morgan fingerprint density at radius 3 is 2.71 bits per heavy atom. The van der Waals surface area contributed by atoms with Crippen LogP contribution in [0.25, 0.3) is 11.1 Å². The van der Waals surface area contributed by atoms with Crippen molar-refractivity contribution in [1.82, 2.24) is 10.2 Å². The zero-order valence-corrected chi connectivity index (χ0v) is 9.41. The van der Waals surface area contributed by atoms with Gasteiger partial charge in [-0.25, -0.2) is 4.39 Å².